The maximum Gasteiger partial charge on any atom is 0.229 e. The molecule has 1 heterocycles. The average molecular weight is 308 g/mol. The molecule has 5 heteroatoms. The van der Waals surface area contributed by atoms with Crippen LogP contribution in [0.25, 0.3) is 10.9 Å². The van der Waals surface area contributed by atoms with Crippen molar-refractivity contribution in [1.29, 1.82) is 0 Å². The molecule has 2 aromatic carbocycles. The number of fused-ring (bicyclic) bond motifs is 1. The molecule has 0 aliphatic heterocycles. The van der Waals surface area contributed by atoms with E-state index in [1.54, 1.807) is 6.07 Å². The van der Waals surface area contributed by atoms with Crippen molar-refractivity contribution in [3.05, 3.63) is 48.0 Å². The number of phenolic OH excluding ortho intramolecular Hbond substituents is 1. The van der Waals surface area contributed by atoms with Crippen molar-refractivity contribution >= 4 is 28.4 Å². The van der Waals surface area contributed by atoms with Crippen LogP contribution in [0, 0.1) is 6.92 Å². The quantitative estimate of drug-likeness (QED) is 0.630. The van der Waals surface area contributed by atoms with E-state index in [2.05, 4.69) is 34.4 Å². The molecule has 3 N–H and O–H groups in total. The lowest BCUT2D eigenvalue weighted by atomic mass is 10.2. The molecular weight excluding hydrogens is 288 g/mol. The smallest absolute Gasteiger partial charge is 0.229 e. The topological polar surface area (TPSA) is 70.1 Å². The molecule has 0 unspecified atom stereocenters. The Hall–Kier alpha value is -2.82. The van der Waals surface area contributed by atoms with Gasteiger partial charge in [-0.2, -0.15) is 4.98 Å². The summed E-state index contributed by atoms with van der Waals surface area (Å²) in [5, 5.41) is 17.4. The minimum Gasteiger partial charge on any atom is -0.506 e. The Bertz CT molecular complexity index is 846. The van der Waals surface area contributed by atoms with Gasteiger partial charge in [-0.1, -0.05) is 18.2 Å². The molecule has 0 spiro atoms. The van der Waals surface area contributed by atoms with E-state index in [0.717, 1.165) is 22.3 Å². The van der Waals surface area contributed by atoms with Gasteiger partial charge in [0.2, 0.25) is 5.95 Å². The van der Waals surface area contributed by atoms with Crippen LogP contribution in [-0.2, 0) is 0 Å². The van der Waals surface area contributed by atoms with Gasteiger partial charge in [0.15, 0.2) is 0 Å². The second-order valence-electron chi connectivity index (χ2n) is 5.86. The van der Waals surface area contributed by atoms with Crippen LogP contribution < -0.4 is 10.6 Å². The van der Waals surface area contributed by atoms with Crippen molar-refractivity contribution in [1.82, 2.24) is 9.97 Å². The summed E-state index contributed by atoms with van der Waals surface area (Å²) in [6.45, 7) is 6.10. The van der Waals surface area contributed by atoms with Crippen molar-refractivity contribution in [2.24, 2.45) is 0 Å². The first-order valence-electron chi connectivity index (χ1n) is 7.63. The summed E-state index contributed by atoms with van der Waals surface area (Å²) in [5.74, 6) is 1.40. The Balaban J connectivity index is 2.05. The van der Waals surface area contributed by atoms with E-state index in [-0.39, 0.29) is 11.8 Å². The van der Waals surface area contributed by atoms with Crippen LogP contribution in [0.2, 0.25) is 0 Å². The molecule has 0 atom stereocenters. The summed E-state index contributed by atoms with van der Waals surface area (Å²) >= 11 is 0. The molecule has 5 nitrogen and oxygen atoms in total. The van der Waals surface area contributed by atoms with Crippen molar-refractivity contribution < 1.29 is 5.11 Å². The summed E-state index contributed by atoms with van der Waals surface area (Å²) < 4.78 is 0. The van der Waals surface area contributed by atoms with E-state index < -0.39 is 0 Å². The largest absolute Gasteiger partial charge is 0.506 e. The number of anilines is 3. The molecule has 23 heavy (non-hydrogen) atoms. The summed E-state index contributed by atoms with van der Waals surface area (Å²) in [7, 11) is 0. The summed E-state index contributed by atoms with van der Waals surface area (Å²) in [4.78, 5) is 9.10. The van der Waals surface area contributed by atoms with Crippen molar-refractivity contribution in [3.63, 3.8) is 0 Å². The highest BCUT2D eigenvalue weighted by Gasteiger charge is 2.10. The van der Waals surface area contributed by atoms with Gasteiger partial charge < -0.3 is 15.7 Å². The zero-order valence-electron chi connectivity index (χ0n) is 13.5. The molecule has 0 bridgehead atoms. The number of aromatic hydroxyl groups is 1. The van der Waals surface area contributed by atoms with Crippen LogP contribution in [0.1, 0.15) is 19.4 Å². The van der Waals surface area contributed by atoms with Gasteiger partial charge in [0.25, 0.3) is 0 Å². The van der Waals surface area contributed by atoms with E-state index in [9.17, 15) is 5.11 Å². The third-order valence-electron chi connectivity index (χ3n) is 3.43. The molecule has 0 aliphatic rings. The first-order chi connectivity index (χ1) is 11.0. The SMILES string of the molecule is Cc1ccc(O)c(Nc2nc(NC(C)C)c3ccccc3n2)c1. The number of hydrogen-bond donors (Lipinski definition) is 3. The standard InChI is InChI=1S/C18H20N4O/c1-11(2)19-17-13-6-4-5-7-14(13)20-18(22-17)21-15-10-12(3)8-9-16(15)23/h4-11,23H,1-3H3,(H2,19,20,21,22). The van der Waals surface area contributed by atoms with Crippen LogP contribution in [0.15, 0.2) is 42.5 Å². The third-order valence-corrected chi connectivity index (χ3v) is 3.43. The Morgan fingerprint density at radius 2 is 1.83 bits per heavy atom. The van der Waals surface area contributed by atoms with E-state index in [4.69, 9.17) is 0 Å². The molecule has 1 aromatic heterocycles. The predicted octanol–water partition coefficient (Wildman–Crippen LogP) is 4.21. The van der Waals surface area contributed by atoms with Crippen molar-refractivity contribution in [2.45, 2.75) is 26.8 Å². The van der Waals surface area contributed by atoms with Gasteiger partial charge in [0.1, 0.15) is 11.6 Å². The Kier molecular flexibility index (Phi) is 4.02. The van der Waals surface area contributed by atoms with Gasteiger partial charge >= 0.3 is 0 Å². The van der Waals surface area contributed by atoms with E-state index in [0.29, 0.717) is 11.6 Å². The van der Waals surface area contributed by atoms with Gasteiger partial charge in [-0.3, -0.25) is 0 Å². The zero-order chi connectivity index (χ0) is 16.4. The first kappa shape index (κ1) is 15.1. The lowest BCUT2D eigenvalue weighted by Crippen LogP contribution is -2.12. The first-order valence-corrected chi connectivity index (χ1v) is 7.63. The molecule has 3 aromatic rings. The molecule has 3 rings (SSSR count). The minimum absolute atomic E-state index is 0.172. The fourth-order valence-corrected chi connectivity index (χ4v) is 2.39. The van der Waals surface area contributed by atoms with Crippen molar-refractivity contribution in [2.75, 3.05) is 10.6 Å². The Labute approximate surface area is 135 Å². The van der Waals surface area contributed by atoms with Crippen LogP contribution >= 0.6 is 0 Å². The second-order valence-corrected chi connectivity index (χ2v) is 5.86. The number of nitrogens with zero attached hydrogens (tertiary/aromatic N) is 2. The summed E-state index contributed by atoms with van der Waals surface area (Å²) in [5.41, 5.74) is 2.49. The molecule has 0 fully saturated rings. The highest BCUT2D eigenvalue weighted by atomic mass is 16.3. The Morgan fingerprint density at radius 3 is 2.61 bits per heavy atom. The lowest BCUT2D eigenvalue weighted by Gasteiger charge is -2.14. The fraction of sp³-hybridized carbons (Fsp3) is 0.222. The second kappa shape index (κ2) is 6.12. The molecule has 0 aliphatic carbocycles. The van der Waals surface area contributed by atoms with Gasteiger partial charge in [-0.25, -0.2) is 4.98 Å². The summed E-state index contributed by atoms with van der Waals surface area (Å²) in [6.07, 6.45) is 0. The normalized spacial score (nSPS) is 11.0. The number of aryl methyl sites for hydroxylation is 1. The Morgan fingerprint density at radius 1 is 1.04 bits per heavy atom. The minimum atomic E-state index is 0.172. The number of rotatable bonds is 4. The van der Waals surface area contributed by atoms with Crippen LogP contribution in [-0.4, -0.2) is 21.1 Å². The molecule has 118 valence electrons. The number of phenols is 1. The van der Waals surface area contributed by atoms with E-state index in [1.165, 1.54) is 0 Å². The van der Waals surface area contributed by atoms with Crippen molar-refractivity contribution in [3.8, 4) is 5.75 Å². The predicted molar refractivity (Wildman–Crippen MR) is 94.4 cm³/mol. The molecule has 0 radical (unpaired) electrons. The molecule has 0 saturated carbocycles. The van der Waals surface area contributed by atoms with Gasteiger partial charge in [-0.05, 0) is 50.6 Å². The highest BCUT2D eigenvalue weighted by molar-refractivity contribution is 5.90. The summed E-state index contributed by atoms with van der Waals surface area (Å²) in [6, 6.07) is 13.5. The maximum absolute atomic E-state index is 9.99. The molecule has 0 saturated heterocycles. The number of nitrogens with one attached hydrogen (secondary N) is 2. The molecule has 0 amide bonds. The van der Waals surface area contributed by atoms with Gasteiger partial charge in [-0.15, -0.1) is 0 Å². The number of para-hydroxylation sites is 1. The number of hydrogen-bond acceptors (Lipinski definition) is 5. The lowest BCUT2D eigenvalue weighted by molar-refractivity contribution is 0.477. The average Bonchev–Trinajstić information content (AvgIpc) is 2.50. The fourth-order valence-electron chi connectivity index (χ4n) is 2.39. The van der Waals surface area contributed by atoms with Crippen LogP contribution in [0.3, 0.4) is 0 Å². The van der Waals surface area contributed by atoms with E-state index in [1.807, 2.05) is 43.3 Å². The number of aromatic nitrogens is 2. The third kappa shape index (κ3) is 3.34. The highest BCUT2D eigenvalue weighted by Crippen LogP contribution is 2.28. The van der Waals surface area contributed by atoms with Gasteiger partial charge in [0, 0.05) is 11.4 Å². The number of benzene rings is 2. The monoisotopic (exact) mass is 308 g/mol. The maximum atomic E-state index is 9.99. The van der Waals surface area contributed by atoms with Crippen LogP contribution in [0.4, 0.5) is 17.5 Å². The van der Waals surface area contributed by atoms with Crippen LogP contribution in [0.5, 0.6) is 5.75 Å². The van der Waals surface area contributed by atoms with Gasteiger partial charge in [0.05, 0.1) is 11.2 Å². The van der Waals surface area contributed by atoms with E-state index >= 15 is 0 Å². The zero-order valence-corrected chi connectivity index (χ0v) is 13.5. The molecular formula is C18H20N4O.